The quantitative estimate of drug-likeness (QED) is 0.683. The smallest absolute Gasteiger partial charge is 0.193 e. The highest BCUT2D eigenvalue weighted by atomic mass is 32.2. The molecule has 3 nitrogen and oxygen atoms in total. The van der Waals surface area contributed by atoms with E-state index in [9.17, 15) is 0 Å². The van der Waals surface area contributed by atoms with Crippen LogP contribution in [0.2, 0.25) is 0 Å². The largest absolute Gasteiger partial charge is 0.357 e. The van der Waals surface area contributed by atoms with E-state index in [-0.39, 0.29) is 0 Å². The average Bonchev–Trinajstić information content (AvgIpc) is 2.54. The number of guanidine groups is 1. The van der Waals surface area contributed by atoms with E-state index in [2.05, 4.69) is 60.1 Å². The molecule has 1 aromatic rings. The molecule has 1 saturated heterocycles. The van der Waals surface area contributed by atoms with Crippen molar-refractivity contribution in [3.05, 3.63) is 35.4 Å². The molecule has 2 atom stereocenters. The number of aliphatic imine (C=N–C) groups is 1. The zero-order chi connectivity index (χ0) is 15.4. The predicted octanol–water partition coefficient (Wildman–Crippen LogP) is 3.12. The molecule has 22 heavy (non-hydrogen) atoms. The molecular weight excluding hydrogens is 290 g/mol. The maximum atomic E-state index is 4.95. The Labute approximate surface area is 138 Å². The van der Waals surface area contributed by atoms with Crippen molar-refractivity contribution >= 4 is 17.7 Å². The van der Waals surface area contributed by atoms with Crippen LogP contribution in [0.1, 0.15) is 37.3 Å². The van der Waals surface area contributed by atoms with Gasteiger partial charge in [-0.2, -0.15) is 11.8 Å². The van der Waals surface area contributed by atoms with Crippen LogP contribution in [0.5, 0.6) is 0 Å². The highest BCUT2D eigenvalue weighted by molar-refractivity contribution is 8.00. The number of nitrogens with one attached hydrogen (secondary N) is 1. The van der Waals surface area contributed by atoms with Gasteiger partial charge in [0.05, 0.1) is 0 Å². The molecule has 4 heteroatoms. The molecule has 120 valence electrons. The molecule has 0 saturated carbocycles. The van der Waals surface area contributed by atoms with Gasteiger partial charge in [0.2, 0.25) is 0 Å². The molecule has 1 fully saturated rings. The summed E-state index contributed by atoms with van der Waals surface area (Å²) in [7, 11) is 0. The molecule has 0 amide bonds. The van der Waals surface area contributed by atoms with E-state index in [1.165, 1.54) is 29.7 Å². The fraction of sp³-hybridized carbons (Fsp3) is 0.611. The molecule has 0 aromatic heterocycles. The molecule has 3 rings (SSSR count). The number of thioether (sulfide) groups is 1. The first-order valence-corrected chi connectivity index (χ1v) is 9.59. The second-order valence-electron chi connectivity index (χ2n) is 6.14. The molecule has 0 spiro atoms. The van der Waals surface area contributed by atoms with Gasteiger partial charge in [0.15, 0.2) is 5.96 Å². The van der Waals surface area contributed by atoms with Crippen molar-refractivity contribution < 1.29 is 0 Å². The summed E-state index contributed by atoms with van der Waals surface area (Å²) in [5, 5.41) is 4.24. The summed E-state index contributed by atoms with van der Waals surface area (Å²) in [6.07, 6.45) is 2.43. The maximum absolute atomic E-state index is 4.95. The van der Waals surface area contributed by atoms with Gasteiger partial charge in [-0.25, -0.2) is 0 Å². The minimum atomic E-state index is 0.617. The van der Waals surface area contributed by atoms with E-state index in [1.807, 2.05) is 0 Å². The zero-order valence-electron chi connectivity index (χ0n) is 13.7. The molecule has 1 aromatic carbocycles. The van der Waals surface area contributed by atoms with Crippen LogP contribution in [0.25, 0.3) is 0 Å². The van der Waals surface area contributed by atoms with Crippen molar-refractivity contribution in [2.75, 3.05) is 31.9 Å². The van der Waals surface area contributed by atoms with Crippen LogP contribution >= 0.6 is 11.8 Å². The molecular formula is C18H27N3S. The van der Waals surface area contributed by atoms with Crippen LogP contribution in [0, 0.1) is 0 Å². The van der Waals surface area contributed by atoms with Gasteiger partial charge in [0, 0.05) is 43.1 Å². The molecule has 0 radical (unpaired) electrons. The van der Waals surface area contributed by atoms with Crippen LogP contribution < -0.4 is 5.32 Å². The maximum Gasteiger partial charge on any atom is 0.193 e. The van der Waals surface area contributed by atoms with Gasteiger partial charge in [-0.15, -0.1) is 0 Å². The average molecular weight is 318 g/mol. The van der Waals surface area contributed by atoms with Crippen molar-refractivity contribution in [3.63, 3.8) is 0 Å². The third-order valence-corrected chi connectivity index (χ3v) is 6.02. The summed E-state index contributed by atoms with van der Waals surface area (Å²) in [6.45, 7) is 8.56. The topological polar surface area (TPSA) is 27.6 Å². The van der Waals surface area contributed by atoms with Gasteiger partial charge in [-0.05, 0) is 30.9 Å². The van der Waals surface area contributed by atoms with Crippen molar-refractivity contribution in [2.45, 2.75) is 37.9 Å². The van der Waals surface area contributed by atoms with E-state index < -0.39 is 0 Å². The number of fused-ring (bicyclic) bond motifs is 1. The fourth-order valence-corrected chi connectivity index (χ4v) is 4.49. The van der Waals surface area contributed by atoms with Gasteiger partial charge < -0.3 is 10.2 Å². The molecule has 2 aliphatic rings. The first-order valence-electron chi connectivity index (χ1n) is 8.54. The van der Waals surface area contributed by atoms with E-state index >= 15 is 0 Å². The van der Waals surface area contributed by atoms with Crippen LogP contribution in [-0.2, 0) is 6.42 Å². The molecule has 1 aliphatic carbocycles. The second kappa shape index (κ2) is 7.40. The van der Waals surface area contributed by atoms with Gasteiger partial charge in [0.25, 0.3) is 0 Å². The van der Waals surface area contributed by atoms with E-state index in [4.69, 9.17) is 4.99 Å². The highest BCUT2D eigenvalue weighted by Crippen LogP contribution is 2.34. The lowest BCUT2D eigenvalue weighted by atomic mass is 9.78. The van der Waals surface area contributed by atoms with Gasteiger partial charge in [0.1, 0.15) is 0 Å². The lowest BCUT2D eigenvalue weighted by Gasteiger charge is -2.35. The predicted molar refractivity (Wildman–Crippen MR) is 97.0 cm³/mol. The number of nitrogens with zero attached hydrogens (tertiary/aromatic N) is 2. The van der Waals surface area contributed by atoms with Crippen molar-refractivity contribution in [2.24, 2.45) is 4.99 Å². The van der Waals surface area contributed by atoms with Gasteiger partial charge in [-0.1, -0.05) is 31.2 Å². The first kappa shape index (κ1) is 15.7. The lowest BCUT2D eigenvalue weighted by Crippen LogP contribution is -2.48. The Kier molecular flexibility index (Phi) is 5.29. The molecule has 0 bridgehead atoms. The Hall–Kier alpha value is -1.16. The van der Waals surface area contributed by atoms with Crippen LogP contribution in [-0.4, -0.2) is 48.0 Å². The van der Waals surface area contributed by atoms with Crippen LogP contribution in [0.15, 0.2) is 29.3 Å². The normalized spacial score (nSPS) is 24.6. The second-order valence-corrected chi connectivity index (χ2v) is 7.55. The van der Waals surface area contributed by atoms with Crippen molar-refractivity contribution in [1.82, 2.24) is 10.2 Å². The third kappa shape index (κ3) is 3.43. The SMILES string of the molecule is CCNC(=NCC1Cc2ccccc21)N1CCSC(CC)C1. The van der Waals surface area contributed by atoms with E-state index in [0.717, 1.165) is 37.4 Å². The monoisotopic (exact) mass is 317 g/mol. The molecule has 1 heterocycles. The minimum Gasteiger partial charge on any atom is -0.357 e. The highest BCUT2D eigenvalue weighted by Gasteiger charge is 2.26. The first-order chi connectivity index (χ1) is 10.8. The summed E-state index contributed by atoms with van der Waals surface area (Å²) >= 11 is 2.11. The molecule has 1 aliphatic heterocycles. The standard InChI is InChI=1S/C18H27N3S/c1-3-16-13-21(9-10-22-16)18(19-4-2)20-12-15-11-14-7-5-6-8-17(14)15/h5-8,15-16H,3-4,9-13H2,1-2H3,(H,19,20). The summed E-state index contributed by atoms with van der Waals surface area (Å²) < 4.78 is 0. The van der Waals surface area contributed by atoms with Crippen molar-refractivity contribution in [3.8, 4) is 0 Å². The van der Waals surface area contributed by atoms with E-state index in [0.29, 0.717) is 5.92 Å². The van der Waals surface area contributed by atoms with E-state index in [1.54, 1.807) is 0 Å². The number of hydrogen-bond acceptors (Lipinski definition) is 2. The number of rotatable bonds is 4. The number of hydrogen-bond donors (Lipinski definition) is 1. The fourth-order valence-electron chi connectivity index (χ4n) is 3.31. The Morgan fingerprint density at radius 2 is 2.23 bits per heavy atom. The van der Waals surface area contributed by atoms with Crippen molar-refractivity contribution in [1.29, 1.82) is 0 Å². The summed E-state index contributed by atoms with van der Waals surface area (Å²) in [5.41, 5.74) is 3.01. The molecule has 2 unspecified atom stereocenters. The Bertz CT molecular complexity index is 529. The Balaban J connectivity index is 1.64. The van der Waals surface area contributed by atoms with Crippen LogP contribution in [0.4, 0.5) is 0 Å². The number of benzene rings is 1. The molecule has 1 N–H and O–H groups in total. The van der Waals surface area contributed by atoms with Gasteiger partial charge in [-0.3, -0.25) is 4.99 Å². The Morgan fingerprint density at radius 3 is 3.00 bits per heavy atom. The van der Waals surface area contributed by atoms with Gasteiger partial charge >= 0.3 is 0 Å². The summed E-state index contributed by atoms with van der Waals surface area (Å²) in [6, 6.07) is 8.79. The summed E-state index contributed by atoms with van der Waals surface area (Å²) in [5.74, 6) is 2.95. The Morgan fingerprint density at radius 1 is 1.36 bits per heavy atom. The van der Waals surface area contributed by atoms with Crippen LogP contribution in [0.3, 0.4) is 0 Å². The lowest BCUT2D eigenvalue weighted by molar-refractivity contribution is 0.407. The third-order valence-electron chi connectivity index (χ3n) is 4.65. The minimum absolute atomic E-state index is 0.617. The summed E-state index contributed by atoms with van der Waals surface area (Å²) in [4.78, 5) is 7.41. The zero-order valence-corrected chi connectivity index (χ0v) is 14.5.